The largest absolute Gasteiger partial charge is 0.489 e. The molecular weight excluding hydrogens is 322 g/mol. The Labute approximate surface area is 149 Å². The van der Waals surface area contributed by atoms with Crippen LogP contribution in [0.25, 0.3) is 0 Å². The predicted octanol–water partition coefficient (Wildman–Crippen LogP) is 4.18. The Bertz CT molecular complexity index is 624. The lowest BCUT2D eigenvalue weighted by Gasteiger charge is -2.26. The standard InChI is InChI=1S/C20H24ClNO2/c21-20-6-2-1-5-18(20)16-24-19-9-7-17(8-10-19)4-3-11-22-12-14-23-15-13-22/h1-2,5-10H,3-4,11-16H2. The topological polar surface area (TPSA) is 21.7 Å². The Morgan fingerprint density at radius 2 is 1.75 bits per heavy atom. The van der Waals surface area contributed by atoms with Crippen molar-refractivity contribution in [2.45, 2.75) is 19.4 Å². The van der Waals surface area contributed by atoms with E-state index in [1.165, 1.54) is 12.0 Å². The Kier molecular flexibility index (Phi) is 6.53. The van der Waals surface area contributed by atoms with Gasteiger partial charge in [-0.15, -0.1) is 0 Å². The molecule has 0 radical (unpaired) electrons. The number of hydrogen-bond acceptors (Lipinski definition) is 3. The third-order valence-electron chi connectivity index (χ3n) is 4.32. The molecule has 1 heterocycles. The molecule has 4 heteroatoms. The van der Waals surface area contributed by atoms with Crippen molar-refractivity contribution in [2.75, 3.05) is 32.8 Å². The Hall–Kier alpha value is -1.55. The summed E-state index contributed by atoms with van der Waals surface area (Å²) in [6.07, 6.45) is 2.28. The van der Waals surface area contributed by atoms with E-state index in [0.29, 0.717) is 6.61 Å². The molecule has 0 aliphatic carbocycles. The van der Waals surface area contributed by atoms with Crippen LogP contribution in [0.2, 0.25) is 5.02 Å². The third kappa shape index (κ3) is 5.23. The van der Waals surface area contributed by atoms with Crippen molar-refractivity contribution in [1.29, 1.82) is 0 Å². The quantitative estimate of drug-likeness (QED) is 0.751. The Morgan fingerprint density at radius 1 is 1.00 bits per heavy atom. The average molecular weight is 346 g/mol. The summed E-state index contributed by atoms with van der Waals surface area (Å²) < 4.78 is 11.2. The average Bonchev–Trinajstić information content (AvgIpc) is 2.63. The van der Waals surface area contributed by atoms with Gasteiger partial charge in [0, 0.05) is 23.7 Å². The van der Waals surface area contributed by atoms with Gasteiger partial charge in [-0.1, -0.05) is 41.9 Å². The summed E-state index contributed by atoms with van der Waals surface area (Å²) in [6, 6.07) is 16.2. The highest BCUT2D eigenvalue weighted by molar-refractivity contribution is 6.31. The molecule has 0 bridgehead atoms. The SMILES string of the molecule is Clc1ccccc1COc1ccc(CCCN2CCOCC2)cc1. The summed E-state index contributed by atoms with van der Waals surface area (Å²) in [7, 11) is 0. The second-order valence-electron chi connectivity index (χ2n) is 6.08. The smallest absolute Gasteiger partial charge is 0.119 e. The minimum Gasteiger partial charge on any atom is -0.489 e. The summed E-state index contributed by atoms with van der Waals surface area (Å²) in [5, 5.41) is 0.747. The molecule has 24 heavy (non-hydrogen) atoms. The zero-order valence-electron chi connectivity index (χ0n) is 13.9. The van der Waals surface area contributed by atoms with Crippen LogP contribution in [-0.2, 0) is 17.8 Å². The van der Waals surface area contributed by atoms with Crippen molar-refractivity contribution >= 4 is 11.6 Å². The van der Waals surface area contributed by atoms with E-state index in [4.69, 9.17) is 21.1 Å². The molecule has 0 aromatic heterocycles. The molecule has 0 atom stereocenters. The highest BCUT2D eigenvalue weighted by atomic mass is 35.5. The van der Waals surface area contributed by atoms with E-state index < -0.39 is 0 Å². The highest BCUT2D eigenvalue weighted by Crippen LogP contribution is 2.19. The first-order chi connectivity index (χ1) is 11.8. The number of ether oxygens (including phenoxy) is 2. The molecule has 128 valence electrons. The van der Waals surface area contributed by atoms with Gasteiger partial charge in [-0.05, 0) is 43.1 Å². The summed E-state index contributed by atoms with van der Waals surface area (Å²) in [5.74, 6) is 0.881. The monoisotopic (exact) mass is 345 g/mol. The molecule has 0 amide bonds. The highest BCUT2D eigenvalue weighted by Gasteiger charge is 2.09. The van der Waals surface area contributed by atoms with Gasteiger partial charge in [0.25, 0.3) is 0 Å². The molecule has 0 spiro atoms. The van der Waals surface area contributed by atoms with Crippen molar-refractivity contribution in [1.82, 2.24) is 4.90 Å². The number of rotatable bonds is 7. The van der Waals surface area contributed by atoms with Crippen molar-refractivity contribution in [2.24, 2.45) is 0 Å². The minimum absolute atomic E-state index is 0.496. The minimum atomic E-state index is 0.496. The number of morpholine rings is 1. The van der Waals surface area contributed by atoms with Crippen molar-refractivity contribution in [3.05, 3.63) is 64.7 Å². The molecule has 1 fully saturated rings. The normalized spacial score (nSPS) is 15.4. The first kappa shape index (κ1) is 17.3. The van der Waals surface area contributed by atoms with E-state index in [1.807, 2.05) is 36.4 Å². The molecule has 0 N–H and O–H groups in total. The molecule has 0 saturated carbocycles. The lowest BCUT2D eigenvalue weighted by Crippen LogP contribution is -2.36. The zero-order valence-corrected chi connectivity index (χ0v) is 14.7. The lowest BCUT2D eigenvalue weighted by molar-refractivity contribution is 0.0374. The molecular formula is C20H24ClNO2. The van der Waals surface area contributed by atoms with Gasteiger partial charge in [0.05, 0.1) is 13.2 Å². The first-order valence-corrected chi connectivity index (χ1v) is 8.94. The summed E-state index contributed by atoms with van der Waals surface area (Å²) >= 11 is 6.15. The maximum atomic E-state index is 6.15. The number of benzene rings is 2. The fourth-order valence-corrected chi connectivity index (χ4v) is 3.05. The Balaban J connectivity index is 1.42. The van der Waals surface area contributed by atoms with Crippen molar-refractivity contribution in [3.8, 4) is 5.75 Å². The van der Waals surface area contributed by atoms with E-state index in [1.54, 1.807) is 0 Å². The maximum absolute atomic E-state index is 6.15. The van der Waals surface area contributed by atoms with Gasteiger partial charge in [-0.25, -0.2) is 0 Å². The second kappa shape index (κ2) is 9.07. The molecule has 3 nitrogen and oxygen atoms in total. The van der Waals surface area contributed by atoms with Crippen LogP contribution in [0.15, 0.2) is 48.5 Å². The number of aryl methyl sites for hydroxylation is 1. The van der Waals surface area contributed by atoms with Gasteiger partial charge in [0.15, 0.2) is 0 Å². The van der Waals surface area contributed by atoms with Crippen LogP contribution in [0.1, 0.15) is 17.5 Å². The maximum Gasteiger partial charge on any atom is 0.119 e. The van der Waals surface area contributed by atoms with Crippen LogP contribution < -0.4 is 4.74 Å². The fraction of sp³-hybridized carbons (Fsp3) is 0.400. The van der Waals surface area contributed by atoms with E-state index >= 15 is 0 Å². The second-order valence-corrected chi connectivity index (χ2v) is 6.49. The molecule has 0 unspecified atom stereocenters. The zero-order chi connectivity index (χ0) is 16.6. The van der Waals surface area contributed by atoms with Gasteiger partial charge < -0.3 is 9.47 Å². The van der Waals surface area contributed by atoms with Gasteiger partial charge in [-0.3, -0.25) is 4.90 Å². The van der Waals surface area contributed by atoms with Gasteiger partial charge >= 0.3 is 0 Å². The summed E-state index contributed by atoms with van der Waals surface area (Å²) in [6.45, 7) is 5.52. The van der Waals surface area contributed by atoms with Crippen LogP contribution >= 0.6 is 11.6 Å². The first-order valence-electron chi connectivity index (χ1n) is 8.56. The van der Waals surface area contributed by atoms with Gasteiger partial charge in [0.1, 0.15) is 12.4 Å². The van der Waals surface area contributed by atoms with Crippen molar-refractivity contribution in [3.63, 3.8) is 0 Å². The van der Waals surface area contributed by atoms with E-state index in [9.17, 15) is 0 Å². The third-order valence-corrected chi connectivity index (χ3v) is 4.69. The number of nitrogens with zero attached hydrogens (tertiary/aromatic N) is 1. The fourth-order valence-electron chi connectivity index (χ4n) is 2.86. The Morgan fingerprint density at radius 3 is 2.50 bits per heavy atom. The molecule has 2 aromatic carbocycles. The number of halogens is 1. The van der Waals surface area contributed by atoms with Crippen LogP contribution in [0.3, 0.4) is 0 Å². The van der Waals surface area contributed by atoms with Crippen LogP contribution in [0.4, 0.5) is 0 Å². The van der Waals surface area contributed by atoms with E-state index in [2.05, 4.69) is 17.0 Å². The van der Waals surface area contributed by atoms with E-state index in [-0.39, 0.29) is 0 Å². The van der Waals surface area contributed by atoms with Gasteiger partial charge in [0.2, 0.25) is 0 Å². The summed E-state index contributed by atoms with van der Waals surface area (Å²) in [5.41, 5.74) is 2.36. The van der Waals surface area contributed by atoms with Crippen LogP contribution in [-0.4, -0.2) is 37.7 Å². The van der Waals surface area contributed by atoms with Gasteiger partial charge in [-0.2, -0.15) is 0 Å². The van der Waals surface area contributed by atoms with Crippen molar-refractivity contribution < 1.29 is 9.47 Å². The number of hydrogen-bond donors (Lipinski definition) is 0. The molecule has 2 aromatic rings. The predicted molar refractivity (Wildman–Crippen MR) is 97.8 cm³/mol. The van der Waals surface area contributed by atoms with Crippen LogP contribution in [0.5, 0.6) is 5.75 Å². The molecule has 3 rings (SSSR count). The van der Waals surface area contributed by atoms with E-state index in [0.717, 1.165) is 55.6 Å². The molecule has 1 aliphatic heterocycles. The molecule has 1 aliphatic rings. The van der Waals surface area contributed by atoms with Crippen LogP contribution in [0, 0.1) is 0 Å². The lowest BCUT2D eigenvalue weighted by atomic mass is 10.1. The summed E-state index contributed by atoms with van der Waals surface area (Å²) in [4.78, 5) is 2.48. The molecule has 1 saturated heterocycles.